The third-order valence-electron chi connectivity index (χ3n) is 16.8. The maximum absolute atomic E-state index is 12.4. The van der Waals surface area contributed by atoms with Gasteiger partial charge in [0, 0.05) is 12.8 Å². The third-order valence-corrected chi connectivity index (χ3v) is 16.8. The molecule has 0 aromatic rings. The fourth-order valence-electron chi connectivity index (χ4n) is 11.4. The van der Waals surface area contributed by atoms with Crippen molar-refractivity contribution in [2.75, 3.05) is 13.2 Å². The van der Waals surface area contributed by atoms with Crippen LogP contribution in [0.25, 0.3) is 0 Å². The van der Waals surface area contributed by atoms with Crippen molar-refractivity contribution >= 4 is 11.9 Å². The van der Waals surface area contributed by atoms with Crippen LogP contribution in [-0.2, 0) is 14.3 Å². The van der Waals surface area contributed by atoms with Crippen molar-refractivity contribution in [1.29, 1.82) is 0 Å². The Morgan fingerprint density at radius 2 is 0.610 bits per heavy atom. The quantitative estimate of drug-likeness (QED) is 0.0320. The van der Waals surface area contributed by atoms with Crippen molar-refractivity contribution in [3.63, 3.8) is 0 Å². The molecule has 0 saturated carbocycles. The summed E-state index contributed by atoms with van der Waals surface area (Å²) in [6, 6.07) is -0.535. The molecular formula is C71H139NO5. The smallest absolute Gasteiger partial charge is 0.305 e. The number of unbranched alkanes of at least 4 members (excludes halogenated alkanes) is 54. The molecule has 0 spiro atoms. The van der Waals surface area contributed by atoms with E-state index in [0.29, 0.717) is 25.9 Å². The van der Waals surface area contributed by atoms with Gasteiger partial charge in [-0.15, -0.1) is 0 Å². The van der Waals surface area contributed by atoms with E-state index >= 15 is 0 Å². The van der Waals surface area contributed by atoms with E-state index in [-0.39, 0.29) is 18.5 Å². The molecule has 0 saturated heterocycles. The Kier molecular flexibility index (Phi) is 65.9. The molecular weight excluding hydrogens is 947 g/mol. The molecule has 0 heterocycles. The molecule has 0 fully saturated rings. The normalized spacial score (nSPS) is 12.5. The van der Waals surface area contributed by atoms with Crippen LogP contribution in [0.4, 0.5) is 0 Å². The number of aliphatic hydroxyl groups is 2. The second-order valence-corrected chi connectivity index (χ2v) is 24.6. The molecule has 6 heteroatoms. The van der Waals surface area contributed by atoms with Gasteiger partial charge in [0.05, 0.1) is 25.4 Å². The van der Waals surface area contributed by atoms with Crippen molar-refractivity contribution in [2.24, 2.45) is 0 Å². The van der Waals surface area contributed by atoms with Crippen LogP contribution >= 0.6 is 0 Å². The number of rotatable bonds is 67. The highest BCUT2D eigenvalue weighted by Gasteiger charge is 2.20. The van der Waals surface area contributed by atoms with E-state index in [1.54, 1.807) is 0 Å². The van der Waals surface area contributed by atoms with Gasteiger partial charge in [-0.1, -0.05) is 353 Å². The average molecular weight is 1090 g/mol. The number of esters is 1. The lowest BCUT2D eigenvalue weighted by molar-refractivity contribution is -0.143. The summed E-state index contributed by atoms with van der Waals surface area (Å²) in [6.45, 7) is 4.97. The molecule has 2 atom stereocenters. The lowest BCUT2D eigenvalue weighted by Gasteiger charge is -2.22. The first-order chi connectivity index (χ1) is 38.0. The van der Waals surface area contributed by atoms with Crippen molar-refractivity contribution in [1.82, 2.24) is 5.32 Å². The molecule has 0 aromatic carbocycles. The molecule has 2 unspecified atom stereocenters. The molecule has 0 aliphatic rings. The molecule has 77 heavy (non-hydrogen) atoms. The van der Waals surface area contributed by atoms with Gasteiger partial charge >= 0.3 is 5.97 Å². The van der Waals surface area contributed by atoms with Crippen LogP contribution in [0.3, 0.4) is 0 Å². The van der Waals surface area contributed by atoms with Crippen molar-refractivity contribution < 1.29 is 24.5 Å². The Labute approximate surface area is 482 Å². The van der Waals surface area contributed by atoms with Gasteiger partial charge in [0.15, 0.2) is 0 Å². The zero-order valence-electron chi connectivity index (χ0n) is 52.5. The molecule has 1 amide bonds. The first-order valence-corrected chi connectivity index (χ1v) is 35.4. The SMILES string of the molecule is CCCCCCCCCCCCCCCCC(=O)OCCCCCCCCCCCCCCCCCC/C=C\CCCCCCCCCCCCCCCCCCCC(=O)NC(CO)C(O)CCCCCCCCCCC. The minimum absolute atomic E-state index is 0.0244. The molecule has 0 radical (unpaired) electrons. The Morgan fingerprint density at radius 3 is 0.922 bits per heavy atom. The number of amides is 1. The van der Waals surface area contributed by atoms with E-state index in [4.69, 9.17) is 4.74 Å². The zero-order valence-corrected chi connectivity index (χ0v) is 52.5. The number of nitrogens with one attached hydrogen (secondary N) is 1. The molecule has 0 aliphatic carbocycles. The van der Waals surface area contributed by atoms with Gasteiger partial charge < -0.3 is 20.3 Å². The van der Waals surface area contributed by atoms with E-state index in [1.165, 1.54) is 334 Å². The fourth-order valence-corrected chi connectivity index (χ4v) is 11.4. The van der Waals surface area contributed by atoms with Crippen LogP contribution in [0.1, 0.15) is 406 Å². The van der Waals surface area contributed by atoms with E-state index in [9.17, 15) is 19.8 Å². The number of allylic oxidation sites excluding steroid dienone is 2. The van der Waals surface area contributed by atoms with Crippen LogP contribution in [0.5, 0.6) is 0 Å². The van der Waals surface area contributed by atoms with Gasteiger partial charge in [0.25, 0.3) is 0 Å². The Hall–Kier alpha value is -1.40. The maximum atomic E-state index is 12.4. The van der Waals surface area contributed by atoms with Gasteiger partial charge in [-0.2, -0.15) is 0 Å². The van der Waals surface area contributed by atoms with Gasteiger partial charge in [0.2, 0.25) is 5.91 Å². The minimum atomic E-state index is -0.658. The monoisotopic (exact) mass is 1090 g/mol. The molecule has 3 N–H and O–H groups in total. The zero-order chi connectivity index (χ0) is 55.7. The number of carbonyl (C=O) groups is 2. The van der Waals surface area contributed by atoms with E-state index in [2.05, 4.69) is 31.3 Å². The maximum Gasteiger partial charge on any atom is 0.305 e. The largest absolute Gasteiger partial charge is 0.466 e. The van der Waals surface area contributed by atoms with Crippen LogP contribution in [0, 0.1) is 0 Å². The lowest BCUT2D eigenvalue weighted by atomic mass is 10.0. The average Bonchev–Trinajstić information content (AvgIpc) is 3.43. The van der Waals surface area contributed by atoms with Crippen LogP contribution in [0.15, 0.2) is 12.2 Å². The first kappa shape index (κ1) is 75.6. The van der Waals surface area contributed by atoms with Gasteiger partial charge in [0.1, 0.15) is 0 Å². The van der Waals surface area contributed by atoms with Crippen LogP contribution in [0.2, 0.25) is 0 Å². The van der Waals surface area contributed by atoms with E-state index < -0.39 is 12.1 Å². The van der Waals surface area contributed by atoms with E-state index in [1.807, 2.05) is 0 Å². The molecule has 458 valence electrons. The highest BCUT2D eigenvalue weighted by Crippen LogP contribution is 2.19. The van der Waals surface area contributed by atoms with Gasteiger partial charge in [-0.3, -0.25) is 9.59 Å². The summed E-state index contributed by atoms with van der Waals surface area (Å²) in [4.78, 5) is 24.5. The van der Waals surface area contributed by atoms with E-state index in [0.717, 1.165) is 38.5 Å². The molecule has 0 bridgehead atoms. The molecule has 0 aliphatic heterocycles. The summed E-state index contributed by atoms with van der Waals surface area (Å²) >= 11 is 0. The molecule has 0 aromatic heterocycles. The predicted octanol–water partition coefficient (Wildman–Crippen LogP) is 22.8. The highest BCUT2D eigenvalue weighted by molar-refractivity contribution is 5.76. The second kappa shape index (κ2) is 67.1. The van der Waals surface area contributed by atoms with Crippen LogP contribution < -0.4 is 5.32 Å². The molecule has 0 rings (SSSR count). The Balaban J connectivity index is 3.28. The Bertz CT molecular complexity index is 1160. The number of aliphatic hydroxyl groups excluding tert-OH is 2. The fraction of sp³-hybridized carbons (Fsp3) is 0.944. The minimum Gasteiger partial charge on any atom is -0.466 e. The lowest BCUT2D eigenvalue weighted by Crippen LogP contribution is -2.45. The topological polar surface area (TPSA) is 95.9 Å². The van der Waals surface area contributed by atoms with Crippen LogP contribution in [-0.4, -0.2) is 47.4 Å². The predicted molar refractivity (Wildman–Crippen MR) is 338 cm³/mol. The number of hydrogen-bond donors (Lipinski definition) is 3. The summed E-state index contributed by atoms with van der Waals surface area (Å²) in [5.41, 5.74) is 0. The van der Waals surface area contributed by atoms with Gasteiger partial charge in [-0.25, -0.2) is 0 Å². The van der Waals surface area contributed by atoms with Crippen molar-refractivity contribution in [3.8, 4) is 0 Å². The Morgan fingerprint density at radius 1 is 0.351 bits per heavy atom. The standard InChI is InChI=1S/C71H139NO5/c1-3-5-7-9-11-13-14-15-42-45-49-53-57-61-65-71(76)77-66-62-58-54-50-46-43-40-38-36-34-32-30-28-26-24-22-20-18-16-17-19-21-23-25-27-29-31-33-35-37-39-41-44-48-52-56-60-64-70(75)72-68(67-73)69(74)63-59-55-51-47-12-10-8-6-4-2/h16,18,68-69,73-74H,3-15,17,19-67H2,1-2H3,(H,72,75)/b18-16-. The summed E-state index contributed by atoms with van der Waals surface area (Å²) < 4.78 is 5.50. The summed E-state index contributed by atoms with van der Waals surface area (Å²) in [5, 5.41) is 23.1. The number of carbonyl (C=O) groups excluding carboxylic acids is 2. The highest BCUT2D eigenvalue weighted by atomic mass is 16.5. The van der Waals surface area contributed by atoms with Crippen molar-refractivity contribution in [3.05, 3.63) is 12.2 Å². The van der Waals surface area contributed by atoms with Crippen molar-refractivity contribution in [2.45, 2.75) is 418 Å². The summed E-state index contributed by atoms with van der Waals surface area (Å²) in [5.74, 6) is -0.00689. The second-order valence-electron chi connectivity index (χ2n) is 24.6. The molecule has 6 nitrogen and oxygen atoms in total. The number of ether oxygens (including phenoxy) is 1. The first-order valence-electron chi connectivity index (χ1n) is 35.4. The number of hydrogen-bond acceptors (Lipinski definition) is 5. The summed E-state index contributed by atoms with van der Waals surface area (Å²) in [6.07, 6.45) is 82.9. The summed E-state index contributed by atoms with van der Waals surface area (Å²) in [7, 11) is 0. The third kappa shape index (κ3) is 63.6. The van der Waals surface area contributed by atoms with Gasteiger partial charge in [-0.05, 0) is 51.4 Å².